The van der Waals surface area contributed by atoms with Crippen molar-refractivity contribution in [2.24, 2.45) is 0 Å². The van der Waals surface area contributed by atoms with Gasteiger partial charge in [-0.25, -0.2) is 4.79 Å². The smallest absolute Gasteiger partial charge is 0.489 e. The molecule has 0 spiro atoms. The van der Waals surface area contributed by atoms with Gasteiger partial charge in [-0.1, -0.05) is 18.2 Å². The van der Waals surface area contributed by atoms with Crippen molar-refractivity contribution in [3.63, 3.8) is 0 Å². The number of rotatable bonds is 5. The molecule has 0 bridgehead atoms. The van der Waals surface area contributed by atoms with Gasteiger partial charge in [0.2, 0.25) is 0 Å². The van der Waals surface area contributed by atoms with Crippen LogP contribution in [0.5, 0.6) is 11.5 Å². The quantitative estimate of drug-likeness (QED) is 0.547. The number of carbonyl (C=O) groups is 2. The molecule has 1 aliphatic rings. The Hall–Kier alpha value is -3.96. The van der Waals surface area contributed by atoms with Crippen molar-refractivity contribution in [1.29, 1.82) is 0 Å². The van der Waals surface area contributed by atoms with E-state index in [0.29, 0.717) is 28.6 Å². The molecule has 3 N–H and O–H groups in total. The Morgan fingerprint density at radius 3 is 2.78 bits per heavy atom. The minimum absolute atomic E-state index is 0.0709. The van der Waals surface area contributed by atoms with E-state index in [9.17, 15) is 22.8 Å². The number of urea groups is 1. The fourth-order valence-electron chi connectivity index (χ4n) is 3.53. The predicted octanol–water partition coefficient (Wildman–Crippen LogP) is 3.66. The highest BCUT2D eigenvalue weighted by atomic mass is 19.4. The Balaban J connectivity index is 1.52. The molecule has 2 amide bonds. The molecule has 1 aliphatic heterocycles. The highest BCUT2D eigenvalue weighted by molar-refractivity contribution is 6.00. The van der Waals surface area contributed by atoms with Gasteiger partial charge in [0.15, 0.2) is 11.5 Å². The first-order chi connectivity index (χ1) is 15.2. The summed E-state index contributed by atoms with van der Waals surface area (Å²) in [5.74, 6) is -1.60. The summed E-state index contributed by atoms with van der Waals surface area (Å²) in [7, 11) is 0. The molecule has 4 rings (SSSR count). The Morgan fingerprint density at radius 1 is 1.25 bits per heavy atom. The highest BCUT2D eigenvalue weighted by Gasteiger charge is 2.34. The number of nitrogens with one attached hydrogen (secondary N) is 2. The Morgan fingerprint density at radius 2 is 2.03 bits per heavy atom. The molecular weight excluding hydrogens is 433 g/mol. The number of carboxylic acids is 1. The number of fused-ring (bicyclic) bond motifs is 2. The van der Waals surface area contributed by atoms with Crippen LogP contribution in [0.4, 0.5) is 23.7 Å². The van der Waals surface area contributed by atoms with Crippen LogP contribution < -0.4 is 20.1 Å². The van der Waals surface area contributed by atoms with Crippen molar-refractivity contribution < 1.29 is 37.3 Å². The maximum absolute atomic E-state index is 12.7. The monoisotopic (exact) mass is 450 g/mol. The molecule has 0 fully saturated rings. The molecule has 12 heteroatoms. The molecule has 2 aromatic carbocycles. The number of carboxylic acid groups (broad SMARTS) is 1. The van der Waals surface area contributed by atoms with Crippen molar-refractivity contribution in [3.8, 4) is 11.5 Å². The van der Waals surface area contributed by atoms with E-state index in [-0.39, 0.29) is 18.9 Å². The van der Waals surface area contributed by atoms with Gasteiger partial charge in [-0.15, -0.1) is 13.2 Å². The molecule has 0 radical (unpaired) electrons. The predicted molar refractivity (Wildman–Crippen MR) is 106 cm³/mol. The molecule has 2 heterocycles. The third-order valence-corrected chi connectivity index (χ3v) is 4.79. The second kappa shape index (κ2) is 8.29. The minimum Gasteiger partial charge on any atom is -0.489 e. The number of hydrogen-bond donors (Lipinski definition) is 3. The van der Waals surface area contributed by atoms with Crippen molar-refractivity contribution in [1.82, 2.24) is 15.1 Å². The average Bonchev–Trinajstić information content (AvgIpc) is 3.11. The summed E-state index contributed by atoms with van der Waals surface area (Å²) in [6, 6.07) is 7.82. The van der Waals surface area contributed by atoms with Crippen LogP contribution in [0.15, 0.2) is 42.6 Å². The fraction of sp³-hybridized carbons (Fsp3) is 0.250. The van der Waals surface area contributed by atoms with Crippen LogP contribution in [0.25, 0.3) is 10.9 Å². The van der Waals surface area contributed by atoms with Gasteiger partial charge in [0.1, 0.15) is 6.54 Å². The van der Waals surface area contributed by atoms with Crippen molar-refractivity contribution in [3.05, 3.63) is 48.2 Å². The number of anilines is 1. The third-order valence-electron chi connectivity index (χ3n) is 4.79. The lowest BCUT2D eigenvalue weighted by molar-refractivity contribution is -0.275. The first kappa shape index (κ1) is 21.3. The van der Waals surface area contributed by atoms with Crippen LogP contribution in [0.2, 0.25) is 0 Å². The molecule has 32 heavy (non-hydrogen) atoms. The van der Waals surface area contributed by atoms with Crippen LogP contribution in [0.1, 0.15) is 18.0 Å². The van der Waals surface area contributed by atoms with Crippen LogP contribution >= 0.6 is 0 Å². The Labute approximate surface area is 178 Å². The summed E-state index contributed by atoms with van der Waals surface area (Å²) in [5.41, 5.74) is 1.29. The number of ether oxygens (including phenoxy) is 2. The number of halogens is 3. The van der Waals surface area contributed by atoms with Crippen LogP contribution in [0.3, 0.4) is 0 Å². The zero-order valence-electron chi connectivity index (χ0n) is 16.3. The lowest BCUT2D eigenvalue weighted by Gasteiger charge is -2.28. The van der Waals surface area contributed by atoms with Crippen LogP contribution in [0, 0.1) is 0 Å². The van der Waals surface area contributed by atoms with Gasteiger partial charge in [-0.2, -0.15) is 5.10 Å². The van der Waals surface area contributed by atoms with E-state index in [1.165, 1.54) is 16.9 Å². The number of benzene rings is 2. The van der Waals surface area contributed by atoms with Gasteiger partial charge in [0.05, 0.1) is 30.0 Å². The lowest BCUT2D eigenvalue weighted by atomic mass is 10.00. The molecule has 0 aliphatic carbocycles. The second-order valence-electron chi connectivity index (χ2n) is 6.94. The SMILES string of the molecule is O=C(O)Cn1ncc2c(NC(=O)NC3CCOc4c(OC(F)(F)F)cccc43)cccc21. The Kier molecular flexibility index (Phi) is 5.51. The number of hydrogen-bond acceptors (Lipinski definition) is 5. The number of aliphatic carboxylic acids is 1. The van der Waals surface area contributed by atoms with Gasteiger partial charge < -0.3 is 25.2 Å². The summed E-state index contributed by atoms with van der Waals surface area (Å²) in [6.07, 6.45) is -3.09. The van der Waals surface area contributed by atoms with E-state index in [1.54, 1.807) is 24.3 Å². The van der Waals surface area contributed by atoms with E-state index < -0.39 is 30.2 Å². The molecule has 1 unspecified atom stereocenters. The van der Waals surface area contributed by atoms with Gasteiger partial charge in [-0.05, 0) is 18.2 Å². The summed E-state index contributed by atoms with van der Waals surface area (Å²) in [4.78, 5) is 23.6. The number of carbonyl (C=O) groups excluding carboxylic acids is 1. The van der Waals surface area contributed by atoms with Crippen molar-refractivity contribution >= 4 is 28.6 Å². The molecule has 9 nitrogen and oxygen atoms in total. The van der Waals surface area contributed by atoms with E-state index in [2.05, 4.69) is 20.5 Å². The van der Waals surface area contributed by atoms with Crippen molar-refractivity contribution in [2.75, 3.05) is 11.9 Å². The molecule has 1 aromatic heterocycles. The Bertz CT molecular complexity index is 1180. The van der Waals surface area contributed by atoms with E-state index in [4.69, 9.17) is 9.84 Å². The van der Waals surface area contributed by atoms with Gasteiger partial charge in [-0.3, -0.25) is 9.48 Å². The molecular formula is C20H17F3N4O5. The summed E-state index contributed by atoms with van der Waals surface area (Å²) < 4.78 is 48.7. The number of amides is 2. The number of nitrogens with zero attached hydrogens (tertiary/aromatic N) is 2. The number of aromatic nitrogens is 2. The summed E-state index contributed by atoms with van der Waals surface area (Å²) in [6.45, 7) is -0.242. The standard InChI is InChI=1S/C20H17F3N4O5/c21-20(22,23)32-16-6-1-3-11-14(7-8-31-18(11)16)26-19(30)25-13-4-2-5-15-12(13)9-24-27(15)10-17(28)29/h1-6,9,14H,7-8,10H2,(H,28,29)(H2,25,26,30). The number of para-hydroxylation sites is 1. The van der Waals surface area contributed by atoms with Crippen LogP contribution in [-0.2, 0) is 11.3 Å². The first-order valence-corrected chi connectivity index (χ1v) is 9.46. The number of alkyl halides is 3. The summed E-state index contributed by atoms with van der Waals surface area (Å²) >= 11 is 0. The molecule has 3 aromatic rings. The normalized spacial score (nSPS) is 15.5. The largest absolute Gasteiger partial charge is 0.573 e. The van der Waals surface area contributed by atoms with E-state index >= 15 is 0 Å². The fourth-order valence-corrected chi connectivity index (χ4v) is 3.53. The minimum atomic E-state index is -4.88. The highest BCUT2D eigenvalue weighted by Crippen LogP contribution is 2.41. The lowest BCUT2D eigenvalue weighted by Crippen LogP contribution is -2.35. The molecule has 0 saturated carbocycles. The average molecular weight is 450 g/mol. The maximum atomic E-state index is 12.7. The van der Waals surface area contributed by atoms with E-state index in [0.717, 1.165) is 6.07 Å². The molecule has 1 atom stereocenters. The zero-order chi connectivity index (χ0) is 22.9. The zero-order valence-corrected chi connectivity index (χ0v) is 16.3. The van der Waals surface area contributed by atoms with Gasteiger partial charge >= 0.3 is 18.4 Å². The van der Waals surface area contributed by atoms with E-state index in [1.807, 2.05) is 0 Å². The summed E-state index contributed by atoms with van der Waals surface area (Å²) in [5, 5.41) is 19.0. The molecule has 0 saturated heterocycles. The third kappa shape index (κ3) is 4.53. The molecule has 168 valence electrons. The maximum Gasteiger partial charge on any atom is 0.573 e. The first-order valence-electron chi connectivity index (χ1n) is 9.46. The van der Waals surface area contributed by atoms with Crippen LogP contribution in [-0.4, -0.2) is 39.9 Å². The van der Waals surface area contributed by atoms with Crippen molar-refractivity contribution in [2.45, 2.75) is 25.4 Å². The van der Waals surface area contributed by atoms with Gasteiger partial charge in [0, 0.05) is 17.4 Å². The topological polar surface area (TPSA) is 115 Å². The van der Waals surface area contributed by atoms with Gasteiger partial charge in [0.25, 0.3) is 0 Å². The second-order valence-corrected chi connectivity index (χ2v) is 6.94.